The Morgan fingerprint density at radius 1 is 1.50 bits per heavy atom. The number of ether oxygens (including phenoxy) is 1. The highest BCUT2D eigenvalue weighted by Crippen LogP contribution is 2.09. The Bertz CT molecular complexity index is 535. The van der Waals surface area contributed by atoms with Crippen LogP contribution in [0.4, 0.5) is 0 Å². The van der Waals surface area contributed by atoms with E-state index < -0.39 is 17.9 Å². The summed E-state index contributed by atoms with van der Waals surface area (Å²) in [6.45, 7) is 3.87. The lowest BCUT2D eigenvalue weighted by molar-refractivity contribution is -0.143. The summed E-state index contributed by atoms with van der Waals surface area (Å²) >= 11 is 0. The van der Waals surface area contributed by atoms with Crippen molar-refractivity contribution in [2.24, 2.45) is 5.92 Å². The molecule has 1 heterocycles. The first-order valence-electron chi connectivity index (χ1n) is 6.23. The first-order valence-corrected chi connectivity index (χ1v) is 6.23. The number of amides is 1. The Balaban J connectivity index is 2.91. The molecule has 1 atom stereocenters. The molecule has 1 rings (SSSR count). The molecular weight excluding hydrogens is 258 g/mol. The Hall–Kier alpha value is -2.42. The van der Waals surface area contributed by atoms with E-state index in [9.17, 15) is 9.59 Å². The molecule has 0 aliphatic carbocycles. The standard InChI is InChI=1S/C14H17N3O3/c1-9(2)7-11(14(19)20-3)17-13(18)10-5-4-6-16-12(10)8-15/h4-6,9,11H,7H2,1-3H3,(H,17,18)/t11-/m0/s1. The van der Waals surface area contributed by atoms with Crippen LogP contribution in [0.1, 0.15) is 36.3 Å². The van der Waals surface area contributed by atoms with E-state index >= 15 is 0 Å². The highest BCUT2D eigenvalue weighted by Gasteiger charge is 2.24. The van der Waals surface area contributed by atoms with Crippen LogP contribution >= 0.6 is 0 Å². The summed E-state index contributed by atoms with van der Waals surface area (Å²) in [5, 5.41) is 11.5. The average Bonchev–Trinajstić information content (AvgIpc) is 2.45. The minimum Gasteiger partial charge on any atom is -0.467 e. The van der Waals surface area contributed by atoms with Crippen LogP contribution in [-0.2, 0) is 9.53 Å². The number of nitrogens with one attached hydrogen (secondary N) is 1. The molecule has 0 saturated carbocycles. The molecule has 20 heavy (non-hydrogen) atoms. The van der Waals surface area contributed by atoms with Gasteiger partial charge in [0.2, 0.25) is 0 Å². The van der Waals surface area contributed by atoms with E-state index in [0.717, 1.165) is 0 Å². The number of pyridine rings is 1. The molecule has 0 aromatic carbocycles. The maximum atomic E-state index is 12.1. The second-order valence-electron chi connectivity index (χ2n) is 4.69. The van der Waals surface area contributed by atoms with Gasteiger partial charge < -0.3 is 10.1 Å². The molecule has 1 aromatic heterocycles. The molecule has 0 aliphatic rings. The summed E-state index contributed by atoms with van der Waals surface area (Å²) in [5.41, 5.74) is 0.172. The molecule has 0 spiro atoms. The third-order valence-corrected chi connectivity index (χ3v) is 2.66. The van der Waals surface area contributed by atoms with Crippen LogP contribution in [0, 0.1) is 17.2 Å². The Morgan fingerprint density at radius 3 is 2.75 bits per heavy atom. The number of hydrogen-bond acceptors (Lipinski definition) is 5. The van der Waals surface area contributed by atoms with Crippen molar-refractivity contribution < 1.29 is 14.3 Å². The highest BCUT2D eigenvalue weighted by atomic mass is 16.5. The molecule has 0 unspecified atom stereocenters. The fraction of sp³-hybridized carbons (Fsp3) is 0.429. The smallest absolute Gasteiger partial charge is 0.328 e. The number of hydrogen-bond donors (Lipinski definition) is 1. The van der Waals surface area contributed by atoms with Crippen LogP contribution in [-0.4, -0.2) is 30.0 Å². The minimum atomic E-state index is -0.737. The normalized spacial score (nSPS) is 11.6. The summed E-state index contributed by atoms with van der Waals surface area (Å²) < 4.78 is 4.67. The Morgan fingerprint density at radius 2 is 2.20 bits per heavy atom. The van der Waals surface area contributed by atoms with Crippen molar-refractivity contribution in [1.82, 2.24) is 10.3 Å². The number of nitriles is 1. The van der Waals surface area contributed by atoms with Gasteiger partial charge in [-0.2, -0.15) is 5.26 Å². The zero-order valence-electron chi connectivity index (χ0n) is 11.7. The zero-order chi connectivity index (χ0) is 15.1. The van der Waals surface area contributed by atoms with Crippen molar-refractivity contribution in [3.05, 3.63) is 29.6 Å². The molecule has 1 amide bonds. The number of aromatic nitrogens is 1. The molecular formula is C14H17N3O3. The van der Waals surface area contributed by atoms with Crippen LogP contribution in [0.25, 0.3) is 0 Å². The second-order valence-corrected chi connectivity index (χ2v) is 4.69. The predicted octanol–water partition coefficient (Wildman–Crippen LogP) is 1.27. The first kappa shape index (κ1) is 15.6. The summed E-state index contributed by atoms with van der Waals surface area (Å²) in [7, 11) is 1.27. The maximum absolute atomic E-state index is 12.1. The van der Waals surface area contributed by atoms with Gasteiger partial charge >= 0.3 is 5.97 Å². The number of carbonyl (C=O) groups is 2. The van der Waals surface area contributed by atoms with E-state index in [1.807, 2.05) is 19.9 Å². The van der Waals surface area contributed by atoms with E-state index in [2.05, 4.69) is 15.0 Å². The van der Waals surface area contributed by atoms with Gasteiger partial charge in [0.1, 0.15) is 12.1 Å². The van der Waals surface area contributed by atoms with Crippen LogP contribution < -0.4 is 5.32 Å². The maximum Gasteiger partial charge on any atom is 0.328 e. The van der Waals surface area contributed by atoms with Crippen molar-refractivity contribution in [3.8, 4) is 6.07 Å². The van der Waals surface area contributed by atoms with Gasteiger partial charge in [-0.25, -0.2) is 9.78 Å². The lowest BCUT2D eigenvalue weighted by Crippen LogP contribution is -2.42. The molecule has 6 nitrogen and oxygen atoms in total. The van der Waals surface area contributed by atoms with Gasteiger partial charge in [-0.1, -0.05) is 13.8 Å². The van der Waals surface area contributed by atoms with Crippen LogP contribution in [0.2, 0.25) is 0 Å². The molecule has 106 valence electrons. The fourth-order valence-corrected chi connectivity index (χ4v) is 1.74. The Kier molecular flexibility index (Phi) is 5.66. The van der Waals surface area contributed by atoms with Gasteiger partial charge in [0.15, 0.2) is 5.69 Å². The molecule has 0 radical (unpaired) electrons. The Labute approximate surface area is 117 Å². The SMILES string of the molecule is COC(=O)[C@H](CC(C)C)NC(=O)c1cccnc1C#N. The fourth-order valence-electron chi connectivity index (χ4n) is 1.74. The quantitative estimate of drug-likeness (QED) is 0.817. The highest BCUT2D eigenvalue weighted by molar-refractivity contribution is 5.98. The summed E-state index contributed by atoms with van der Waals surface area (Å²) in [6.07, 6.45) is 1.89. The molecule has 0 saturated heterocycles. The van der Waals surface area contributed by atoms with Crippen molar-refractivity contribution >= 4 is 11.9 Å². The van der Waals surface area contributed by atoms with Gasteiger partial charge in [-0.15, -0.1) is 0 Å². The van der Waals surface area contributed by atoms with Gasteiger partial charge in [0, 0.05) is 6.20 Å². The summed E-state index contributed by atoms with van der Waals surface area (Å²) in [5.74, 6) is -0.802. The second kappa shape index (κ2) is 7.24. The van der Waals surface area contributed by atoms with Gasteiger partial charge in [-0.05, 0) is 24.5 Å². The molecule has 6 heteroatoms. The molecule has 1 aromatic rings. The first-order chi connectivity index (χ1) is 9.49. The van der Waals surface area contributed by atoms with Gasteiger partial charge in [-0.3, -0.25) is 4.79 Å². The molecule has 1 N–H and O–H groups in total. The third kappa shape index (κ3) is 4.05. The van der Waals surface area contributed by atoms with E-state index in [-0.39, 0.29) is 17.2 Å². The number of methoxy groups -OCH3 is 1. The molecule has 0 bridgehead atoms. The summed E-state index contributed by atoms with van der Waals surface area (Å²) in [6, 6.07) is 4.16. The lowest BCUT2D eigenvalue weighted by atomic mass is 10.0. The monoisotopic (exact) mass is 275 g/mol. The van der Waals surface area contributed by atoms with Crippen molar-refractivity contribution in [1.29, 1.82) is 5.26 Å². The third-order valence-electron chi connectivity index (χ3n) is 2.66. The van der Waals surface area contributed by atoms with E-state index in [1.54, 1.807) is 6.07 Å². The van der Waals surface area contributed by atoms with Crippen LogP contribution in [0.15, 0.2) is 18.3 Å². The topological polar surface area (TPSA) is 92.1 Å². The van der Waals surface area contributed by atoms with E-state index in [0.29, 0.717) is 6.42 Å². The summed E-state index contributed by atoms with van der Waals surface area (Å²) in [4.78, 5) is 27.6. The van der Waals surface area contributed by atoms with Crippen molar-refractivity contribution in [2.45, 2.75) is 26.3 Å². The van der Waals surface area contributed by atoms with Crippen LogP contribution in [0.3, 0.4) is 0 Å². The van der Waals surface area contributed by atoms with Crippen molar-refractivity contribution in [3.63, 3.8) is 0 Å². The molecule has 0 fully saturated rings. The largest absolute Gasteiger partial charge is 0.467 e. The van der Waals surface area contributed by atoms with E-state index in [4.69, 9.17) is 5.26 Å². The van der Waals surface area contributed by atoms with Gasteiger partial charge in [0.05, 0.1) is 12.7 Å². The molecule has 0 aliphatic heterocycles. The number of carbonyl (C=O) groups excluding carboxylic acids is 2. The number of esters is 1. The lowest BCUT2D eigenvalue weighted by Gasteiger charge is -2.18. The van der Waals surface area contributed by atoms with Crippen LogP contribution in [0.5, 0.6) is 0 Å². The average molecular weight is 275 g/mol. The van der Waals surface area contributed by atoms with Gasteiger partial charge in [0.25, 0.3) is 5.91 Å². The van der Waals surface area contributed by atoms with Crippen molar-refractivity contribution in [2.75, 3.05) is 7.11 Å². The minimum absolute atomic E-state index is 0.0261. The van der Waals surface area contributed by atoms with E-state index in [1.165, 1.54) is 19.4 Å². The zero-order valence-corrected chi connectivity index (χ0v) is 11.7. The number of nitrogens with zero attached hydrogens (tertiary/aromatic N) is 2. The predicted molar refractivity (Wildman–Crippen MR) is 71.7 cm³/mol. The number of rotatable bonds is 5.